The molecule has 0 radical (unpaired) electrons. The van der Waals surface area contributed by atoms with E-state index in [9.17, 15) is 28.8 Å². The zero-order valence-corrected chi connectivity index (χ0v) is 16.4. The number of hydroxylamine groups is 2. The average Bonchev–Trinajstić information content (AvgIpc) is 3.16. The predicted molar refractivity (Wildman–Crippen MR) is 95.4 cm³/mol. The molecule has 28 heavy (non-hydrogen) atoms. The van der Waals surface area contributed by atoms with Crippen LogP contribution < -0.4 is 0 Å². The molecule has 1 aliphatic carbocycles. The van der Waals surface area contributed by atoms with Gasteiger partial charge in [0.1, 0.15) is 0 Å². The number of hydrogen-bond acceptors (Lipinski definition) is 8. The number of carbonyl (C=O) groups is 6. The number of amides is 2. The Kier molecular flexibility index (Phi) is 10.0. The Morgan fingerprint density at radius 3 is 1.75 bits per heavy atom. The van der Waals surface area contributed by atoms with Crippen LogP contribution in [0.1, 0.15) is 78.1 Å². The van der Waals surface area contributed by atoms with Gasteiger partial charge in [-0.2, -0.15) is 0 Å². The van der Waals surface area contributed by atoms with Crippen molar-refractivity contribution < 1.29 is 38.3 Å². The highest BCUT2D eigenvalue weighted by molar-refractivity contribution is 6.12. The van der Waals surface area contributed by atoms with E-state index in [-0.39, 0.29) is 50.1 Å². The van der Waals surface area contributed by atoms with E-state index < -0.39 is 29.9 Å². The lowest BCUT2D eigenvalue weighted by Crippen LogP contribution is -2.31. The Hall–Kier alpha value is -2.58. The van der Waals surface area contributed by atoms with Gasteiger partial charge in [-0.3, -0.25) is 24.0 Å². The third-order valence-corrected chi connectivity index (χ3v) is 4.16. The predicted octanol–water partition coefficient (Wildman–Crippen LogP) is 1.80. The first-order chi connectivity index (χ1) is 13.4. The Bertz CT molecular complexity index is 541. The molecule has 2 amide bonds. The molecule has 0 N–H and O–H groups in total. The van der Waals surface area contributed by atoms with E-state index >= 15 is 0 Å². The van der Waals surface area contributed by atoms with Crippen LogP contribution >= 0.6 is 0 Å². The quantitative estimate of drug-likeness (QED) is 0.250. The Labute approximate surface area is 163 Å². The van der Waals surface area contributed by atoms with Crippen molar-refractivity contribution in [2.75, 3.05) is 0 Å². The average molecular weight is 397 g/mol. The number of hydrogen-bond donors (Lipinski definition) is 0. The summed E-state index contributed by atoms with van der Waals surface area (Å²) in [6, 6.07) is 0. The molecule has 0 aromatic rings. The van der Waals surface area contributed by atoms with Gasteiger partial charge in [0.25, 0.3) is 11.8 Å². The number of carbonyl (C=O) groups excluding carboxylic acids is 6. The zero-order chi connectivity index (χ0) is 21.1. The summed E-state index contributed by atoms with van der Waals surface area (Å²) in [7, 11) is 0. The largest absolute Gasteiger partial charge is 0.446 e. The van der Waals surface area contributed by atoms with Crippen LogP contribution in [0.2, 0.25) is 0 Å². The standard InChI is InChI=1S/C17H21NO8.C2H6/c19-11-7-8-12(20)17(11)25-15(23)5-3-1-2-4-6-16(24)26-18-13(21)9-10-14(18)22;1-2/h17H,1-10H2;1-2H3. The summed E-state index contributed by atoms with van der Waals surface area (Å²) in [4.78, 5) is 73.3. The molecule has 0 aromatic carbocycles. The second kappa shape index (κ2) is 12.0. The molecule has 2 rings (SSSR count). The lowest BCUT2D eigenvalue weighted by molar-refractivity contribution is -0.197. The number of ketones is 2. The summed E-state index contributed by atoms with van der Waals surface area (Å²) in [5.41, 5.74) is 0. The second-order valence-electron chi connectivity index (χ2n) is 6.26. The van der Waals surface area contributed by atoms with E-state index in [4.69, 9.17) is 9.57 Å². The van der Waals surface area contributed by atoms with Gasteiger partial charge in [-0.15, -0.1) is 5.06 Å². The summed E-state index contributed by atoms with van der Waals surface area (Å²) in [6.07, 6.45) is 1.58. The molecule has 0 aromatic heterocycles. The van der Waals surface area contributed by atoms with E-state index in [1.54, 1.807) is 0 Å². The first-order valence-electron chi connectivity index (χ1n) is 9.70. The molecule has 9 nitrogen and oxygen atoms in total. The van der Waals surface area contributed by atoms with Gasteiger partial charge < -0.3 is 9.57 Å². The molecule has 0 unspecified atom stereocenters. The monoisotopic (exact) mass is 397 g/mol. The number of rotatable bonds is 9. The normalized spacial score (nSPS) is 16.9. The fourth-order valence-electron chi connectivity index (χ4n) is 2.71. The first kappa shape index (κ1) is 23.5. The minimum atomic E-state index is -1.23. The Morgan fingerprint density at radius 1 is 0.786 bits per heavy atom. The van der Waals surface area contributed by atoms with Gasteiger partial charge in [0.05, 0.1) is 0 Å². The maximum absolute atomic E-state index is 11.6. The fraction of sp³-hybridized carbons (Fsp3) is 0.684. The molecule has 9 heteroatoms. The molecular weight excluding hydrogens is 370 g/mol. The van der Waals surface area contributed by atoms with Gasteiger partial charge in [-0.05, 0) is 12.8 Å². The van der Waals surface area contributed by atoms with E-state index in [2.05, 4.69) is 0 Å². The lowest BCUT2D eigenvalue weighted by Gasteiger charge is -2.12. The molecule has 1 heterocycles. The first-order valence-corrected chi connectivity index (χ1v) is 9.70. The maximum atomic E-state index is 11.6. The summed E-state index contributed by atoms with van der Waals surface area (Å²) < 4.78 is 4.89. The van der Waals surface area contributed by atoms with E-state index in [1.165, 1.54) is 0 Å². The number of imide groups is 1. The molecule has 1 saturated carbocycles. The molecule has 0 atom stereocenters. The number of nitrogens with zero attached hydrogens (tertiary/aromatic N) is 1. The highest BCUT2D eigenvalue weighted by atomic mass is 16.7. The minimum Gasteiger partial charge on any atom is -0.446 e. The Balaban J connectivity index is 0.00000190. The van der Waals surface area contributed by atoms with Gasteiger partial charge in [0.15, 0.2) is 11.6 Å². The van der Waals surface area contributed by atoms with Crippen molar-refractivity contribution in [2.24, 2.45) is 0 Å². The van der Waals surface area contributed by atoms with Crippen LogP contribution in [0.3, 0.4) is 0 Å². The highest BCUT2D eigenvalue weighted by Gasteiger charge is 2.36. The topological polar surface area (TPSA) is 124 Å². The van der Waals surface area contributed by atoms with Crippen molar-refractivity contribution in [3.63, 3.8) is 0 Å². The van der Waals surface area contributed by atoms with Crippen molar-refractivity contribution in [3.05, 3.63) is 0 Å². The SMILES string of the molecule is CC.O=C(CCCCCCC(=O)ON1C(=O)CCC1=O)OC1C(=O)CCC1=O. The minimum absolute atomic E-state index is 0.0558. The van der Waals surface area contributed by atoms with Crippen LogP contribution in [0, 0.1) is 0 Å². The van der Waals surface area contributed by atoms with Crippen molar-refractivity contribution in [2.45, 2.75) is 84.2 Å². The van der Waals surface area contributed by atoms with Crippen LogP contribution in [0.4, 0.5) is 0 Å². The van der Waals surface area contributed by atoms with Crippen molar-refractivity contribution in [1.82, 2.24) is 5.06 Å². The third kappa shape index (κ3) is 7.21. The van der Waals surface area contributed by atoms with E-state index in [0.717, 1.165) is 0 Å². The molecule has 2 aliphatic rings. The van der Waals surface area contributed by atoms with Gasteiger partial charge >= 0.3 is 11.9 Å². The third-order valence-electron chi connectivity index (χ3n) is 4.16. The molecule has 156 valence electrons. The number of esters is 1. The Morgan fingerprint density at radius 2 is 1.25 bits per heavy atom. The van der Waals surface area contributed by atoms with Crippen LogP contribution in [0.5, 0.6) is 0 Å². The van der Waals surface area contributed by atoms with Crippen LogP contribution in [-0.2, 0) is 38.3 Å². The fourth-order valence-corrected chi connectivity index (χ4v) is 2.71. The molecule has 1 aliphatic heterocycles. The molecule has 0 spiro atoms. The molecule has 2 fully saturated rings. The van der Waals surface area contributed by atoms with Crippen LogP contribution in [0.25, 0.3) is 0 Å². The highest BCUT2D eigenvalue weighted by Crippen LogP contribution is 2.16. The van der Waals surface area contributed by atoms with Crippen molar-refractivity contribution in [3.8, 4) is 0 Å². The van der Waals surface area contributed by atoms with Gasteiger partial charge in [0.2, 0.25) is 6.10 Å². The second-order valence-corrected chi connectivity index (χ2v) is 6.26. The summed E-state index contributed by atoms with van der Waals surface area (Å²) in [5, 5.41) is 0.518. The summed E-state index contributed by atoms with van der Waals surface area (Å²) in [5.74, 6) is -2.95. The summed E-state index contributed by atoms with van der Waals surface area (Å²) >= 11 is 0. The number of unbranched alkanes of at least 4 members (excludes halogenated alkanes) is 3. The molecular formula is C19H27NO8. The van der Waals surface area contributed by atoms with E-state index in [0.29, 0.717) is 30.7 Å². The maximum Gasteiger partial charge on any atom is 0.333 e. The van der Waals surface area contributed by atoms with Crippen molar-refractivity contribution >= 4 is 35.3 Å². The molecule has 1 saturated heterocycles. The van der Waals surface area contributed by atoms with Crippen LogP contribution in [-0.4, -0.2) is 46.5 Å². The molecule has 0 bridgehead atoms. The number of Topliss-reactive ketones (excluding diaryl/α,β-unsaturated/α-hetero) is 2. The van der Waals surface area contributed by atoms with Crippen LogP contribution in [0.15, 0.2) is 0 Å². The smallest absolute Gasteiger partial charge is 0.333 e. The van der Waals surface area contributed by atoms with Gasteiger partial charge in [-0.25, -0.2) is 4.79 Å². The van der Waals surface area contributed by atoms with Gasteiger partial charge in [-0.1, -0.05) is 26.7 Å². The van der Waals surface area contributed by atoms with E-state index in [1.807, 2.05) is 13.8 Å². The number of ether oxygens (including phenoxy) is 1. The summed E-state index contributed by atoms with van der Waals surface area (Å²) in [6.45, 7) is 4.00. The van der Waals surface area contributed by atoms with Gasteiger partial charge in [0, 0.05) is 38.5 Å². The van der Waals surface area contributed by atoms with Crippen molar-refractivity contribution in [1.29, 1.82) is 0 Å². The lowest BCUT2D eigenvalue weighted by atomic mass is 10.1. The zero-order valence-electron chi connectivity index (χ0n) is 16.4.